The molecule has 1 fully saturated rings. The molecule has 0 radical (unpaired) electrons. The van der Waals surface area contributed by atoms with Gasteiger partial charge in [-0.25, -0.2) is 0 Å². The Morgan fingerprint density at radius 3 is 2.51 bits per heavy atom. The fraction of sp³-hybridized carbons (Fsp3) is 0.348. The lowest BCUT2D eigenvalue weighted by Gasteiger charge is -2.38. The Balaban J connectivity index is 1.53. The Morgan fingerprint density at radius 2 is 1.80 bits per heavy atom. The standard InChI is InChI=1S/C23H22O12/c1-8-15(25)18(28)19(29)23(33-8)35-11-4-3-9(5-10(11)24)20-22(30-2)17(27)14-12(34-20)6-13-21(16(14)26)32-7-31-13/h3-6,8,15,18-19,23-26,28-29H,7H2,1-2H3/t8-,15-,18+,19-,23?/m1/s1. The molecule has 5 rings (SSSR count). The van der Waals surface area contributed by atoms with Crippen LogP contribution in [-0.4, -0.2) is 70.1 Å². The number of aliphatic hydroxyl groups excluding tert-OH is 3. The van der Waals surface area contributed by atoms with Crippen LogP contribution in [0.2, 0.25) is 0 Å². The smallest absolute Gasteiger partial charge is 0.239 e. The molecule has 186 valence electrons. The van der Waals surface area contributed by atoms with Crippen LogP contribution in [0.1, 0.15) is 6.92 Å². The topological polar surface area (TPSA) is 178 Å². The molecule has 2 aliphatic heterocycles. The summed E-state index contributed by atoms with van der Waals surface area (Å²) >= 11 is 0. The number of phenols is 2. The minimum atomic E-state index is -1.57. The van der Waals surface area contributed by atoms with Gasteiger partial charge in [0.25, 0.3) is 0 Å². The highest BCUT2D eigenvalue weighted by Gasteiger charge is 2.43. The summed E-state index contributed by atoms with van der Waals surface area (Å²) in [6, 6.07) is 5.43. The average Bonchev–Trinajstić information content (AvgIpc) is 3.31. The van der Waals surface area contributed by atoms with Gasteiger partial charge in [-0.15, -0.1) is 0 Å². The SMILES string of the molecule is COc1c(-c2ccc(OC3O[C@H](C)[C@@H](O)[C@H](O)[C@H]3O)c(O)c2)oc2cc3c(c(O)c2c1=O)OCO3. The molecule has 3 heterocycles. The third kappa shape index (κ3) is 3.67. The zero-order valence-corrected chi connectivity index (χ0v) is 18.5. The van der Waals surface area contributed by atoms with Crippen LogP contribution in [0.15, 0.2) is 33.5 Å². The largest absolute Gasteiger partial charge is 0.504 e. The molecule has 35 heavy (non-hydrogen) atoms. The van der Waals surface area contributed by atoms with Gasteiger partial charge in [0.2, 0.25) is 30.0 Å². The molecule has 2 aliphatic rings. The molecule has 12 nitrogen and oxygen atoms in total. The van der Waals surface area contributed by atoms with E-state index in [1.807, 2.05) is 0 Å². The van der Waals surface area contributed by atoms with Crippen LogP contribution in [0.5, 0.6) is 34.5 Å². The Hall–Kier alpha value is -3.71. The monoisotopic (exact) mass is 490 g/mol. The van der Waals surface area contributed by atoms with Crippen LogP contribution in [0.3, 0.4) is 0 Å². The summed E-state index contributed by atoms with van der Waals surface area (Å²) in [5.41, 5.74) is -0.427. The maximum absolute atomic E-state index is 13.1. The second-order valence-electron chi connectivity index (χ2n) is 8.11. The van der Waals surface area contributed by atoms with E-state index in [1.165, 1.54) is 38.3 Å². The third-order valence-corrected chi connectivity index (χ3v) is 5.93. The van der Waals surface area contributed by atoms with Gasteiger partial charge in [0.05, 0.1) is 13.2 Å². The Kier molecular flexibility index (Phi) is 5.60. The van der Waals surface area contributed by atoms with Gasteiger partial charge in [-0.2, -0.15) is 0 Å². The normalized spacial score (nSPS) is 25.6. The molecule has 5 N–H and O–H groups in total. The number of hydrogen-bond acceptors (Lipinski definition) is 12. The first-order valence-corrected chi connectivity index (χ1v) is 10.6. The summed E-state index contributed by atoms with van der Waals surface area (Å²) in [6.45, 7) is 1.37. The third-order valence-electron chi connectivity index (χ3n) is 5.93. The van der Waals surface area contributed by atoms with Crippen molar-refractivity contribution in [2.45, 2.75) is 37.6 Å². The second kappa shape index (κ2) is 8.50. The maximum Gasteiger partial charge on any atom is 0.239 e. The van der Waals surface area contributed by atoms with E-state index in [9.17, 15) is 30.3 Å². The van der Waals surface area contributed by atoms with E-state index in [0.29, 0.717) is 0 Å². The molecule has 3 aromatic rings. The Bertz CT molecular complexity index is 1350. The fourth-order valence-corrected chi connectivity index (χ4v) is 4.04. The predicted molar refractivity (Wildman–Crippen MR) is 117 cm³/mol. The molecule has 0 amide bonds. The van der Waals surface area contributed by atoms with Crippen molar-refractivity contribution in [2.75, 3.05) is 13.9 Å². The second-order valence-corrected chi connectivity index (χ2v) is 8.11. The van der Waals surface area contributed by atoms with Crippen LogP contribution in [0, 0.1) is 0 Å². The quantitative estimate of drug-likeness (QED) is 0.348. The van der Waals surface area contributed by atoms with Crippen LogP contribution in [0.25, 0.3) is 22.3 Å². The van der Waals surface area contributed by atoms with Crippen LogP contribution in [0.4, 0.5) is 0 Å². The molecule has 0 spiro atoms. The molecule has 5 atom stereocenters. The number of benzene rings is 2. The van der Waals surface area contributed by atoms with Gasteiger partial charge in [-0.05, 0) is 25.1 Å². The number of aromatic hydroxyl groups is 2. The van der Waals surface area contributed by atoms with E-state index in [1.54, 1.807) is 0 Å². The van der Waals surface area contributed by atoms with Crippen LogP contribution in [-0.2, 0) is 4.74 Å². The molecular formula is C23H22O12. The summed E-state index contributed by atoms with van der Waals surface area (Å²) in [4.78, 5) is 13.1. The molecule has 0 bridgehead atoms. The summed E-state index contributed by atoms with van der Waals surface area (Å²) in [5.74, 6) is -0.969. The summed E-state index contributed by atoms with van der Waals surface area (Å²) < 4.78 is 32.5. The van der Waals surface area contributed by atoms with Crippen molar-refractivity contribution in [1.82, 2.24) is 0 Å². The van der Waals surface area contributed by atoms with E-state index in [0.717, 1.165) is 0 Å². The van der Waals surface area contributed by atoms with E-state index >= 15 is 0 Å². The molecule has 0 aliphatic carbocycles. The van der Waals surface area contributed by atoms with E-state index in [-0.39, 0.29) is 52.1 Å². The maximum atomic E-state index is 13.1. The minimum absolute atomic E-state index is 0.00706. The highest BCUT2D eigenvalue weighted by atomic mass is 16.7. The first-order chi connectivity index (χ1) is 16.7. The number of fused-ring (bicyclic) bond motifs is 2. The van der Waals surface area contributed by atoms with Gasteiger partial charge in [0, 0.05) is 11.6 Å². The molecule has 2 aromatic carbocycles. The van der Waals surface area contributed by atoms with Gasteiger partial charge >= 0.3 is 0 Å². The van der Waals surface area contributed by atoms with Crippen molar-refractivity contribution >= 4 is 11.0 Å². The number of aliphatic hydroxyl groups is 3. The Morgan fingerprint density at radius 1 is 1.03 bits per heavy atom. The number of hydrogen-bond donors (Lipinski definition) is 5. The minimum Gasteiger partial charge on any atom is -0.504 e. The summed E-state index contributed by atoms with van der Waals surface area (Å²) in [7, 11) is 1.26. The number of ether oxygens (including phenoxy) is 5. The molecule has 0 saturated carbocycles. The molecule has 12 heteroatoms. The average molecular weight is 490 g/mol. The number of rotatable bonds is 4. The first-order valence-electron chi connectivity index (χ1n) is 10.6. The van der Waals surface area contributed by atoms with Gasteiger partial charge in [0.1, 0.15) is 29.3 Å². The summed E-state index contributed by atoms with van der Waals surface area (Å²) in [6.07, 6.45) is -6.57. The van der Waals surface area contributed by atoms with Crippen molar-refractivity contribution < 1.29 is 53.6 Å². The van der Waals surface area contributed by atoms with Crippen molar-refractivity contribution in [3.63, 3.8) is 0 Å². The lowest BCUT2D eigenvalue weighted by Crippen LogP contribution is -2.58. The molecular weight excluding hydrogens is 468 g/mol. The van der Waals surface area contributed by atoms with Crippen molar-refractivity contribution in [1.29, 1.82) is 0 Å². The first kappa shape index (κ1) is 23.1. The fourth-order valence-electron chi connectivity index (χ4n) is 4.04. The van der Waals surface area contributed by atoms with Crippen molar-refractivity contribution in [3.05, 3.63) is 34.5 Å². The molecule has 1 unspecified atom stereocenters. The van der Waals surface area contributed by atoms with E-state index in [2.05, 4.69) is 0 Å². The van der Waals surface area contributed by atoms with Gasteiger partial charge in [-0.1, -0.05) is 0 Å². The Labute approximate surface area is 197 Å². The highest BCUT2D eigenvalue weighted by Crippen LogP contribution is 2.46. The van der Waals surface area contributed by atoms with E-state index < -0.39 is 47.6 Å². The zero-order chi connectivity index (χ0) is 25.0. The summed E-state index contributed by atoms with van der Waals surface area (Å²) in [5, 5.41) is 50.8. The predicted octanol–water partition coefficient (Wildman–Crippen LogP) is 0.815. The number of phenolic OH excluding ortho intramolecular Hbond substituents is 2. The highest BCUT2D eigenvalue weighted by molar-refractivity contribution is 5.91. The lowest BCUT2D eigenvalue weighted by molar-refractivity contribution is -0.268. The van der Waals surface area contributed by atoms with Crippen molar-refractivity contribution in [2.24, 2.45) is 0 Å². The molecule has 1 saturated heterocycles. The number of methoxy groups -OCH3 is 1. The van der Waals surface area contributed by atoms with Gasteiger partial charge in [0.15, 0.2) is 28.8 Å². The van der Waals surface area contributed by atoms with Crippen molar-refractivity contribution in [3.8, 4) is 45.8 Å². The van der Waals surface area contributed by atoms with Crippen LogP contribution >= 0.6 is 0 Å². The van der Waals surface area contributed by atoms with Gasteiger partial charge in [-0.3, -0.25) is 4.79 Å². The van der Waals surface area contributed by atoms with Gasteiger partial charge < -0.3 is 53.6 Å². The zero-order valence-electron chi connectivity index (χ0n) is 18.5. The molecule has 1 aromatic heterocycles. The van der Waals surface area contributed by atoms with Crippen LogP contribution < -0.4 is 24.4 Å². The lowest BCUT2D eigenvalue weighted by atomic mass is 10.00. The van der Waals surface area contributed by atoms with E-state index in [4.69, 9.17) is 28.1 Å².